The third-order valence-electron chi connectivity index (χ3n) is 3.81. The second-order valence-corrected chi connectivity index (χ2v) is 5.24. The fourth-order valence-corrected chi connectivity index (χ4v) is 2.89. The van der Waals surface area contributed by atoms with Crippen molar-refractivity contribution in [3.63, 3.8) is 0 Å². The molecule has 0 N–H and O–H groups in total. The minimum absolute atomic E-state index is 0.0486. The fourth-order valence-electron chi connectivity index (χ4n) is 2.89. The Labute approximate surface area is 118 Å². The number of carbonyl (C=O) groups excluding carboxylic acids is 1. The maximum absolute atomic E-state index is 12.7. The van der Waals surface area contributed by atoms with Crippen LogP contribution in [0.3, 0.4) is 0 Å². The zero-order valence-corrected chi connectivity index (χ0v) is 11.8. The lowest BCUT2D eigenvalue weighted by molar-refractivity contribution is 0.0731. The number of nitrogens with zero attached hydrogens (tertiary/aromatic N) is 2. The van der Waals surface area contributed by atoms with Gasteiger partial charge in [-0.1, -0.05) is 6.07 Å². The number of furan rings is 1. The van der Waals surface area contributed by atoms with Crippen molar-refractivity contribution in [2.45, 2.75) is 32.7 Å². The lowest BCUT2D eigenvalue weighted by atomic mass is 10.1. The molecule has 4 heteroatoms. The third kappa shape index (κ3) is 2.22. The highest BCUT2D eigenvalue weighted by Gasteiger charge is 2.32. The molecule has 1 unspecified atom stereocenters. The van der Waals surface area contributed by atoms with Gasteiger partial charge in [-0.15, -0.1) is 0 Å². The van der Waals surface area contributed by atoms with Crippen LogP contribution in [-0.2, 0) is 0 Å². The molecular formula is C16H18N2O2. The van der Waals surface area contributed by atoms with Crippen LogP contribution in [0.2, 0.25) is 0 Å². The third-order valence-corrected chi connectivity index (χ3v) is 3.81. The Morgan fingerprint density at radius 3 is 2.90 bits per heavy atom. The van der Waals surface area contributed by atoms with Gasteiger partial charge in [-0.2, -0.15) is 0 Å². The molecule has 104 valence electrons. The number of pyridine rings is 1. The van der Waals surface area contributed by atoms with Gasteiger partial charge in [-0.25, -0.2) is 0 Å². The van der Waals surface area contributed by atoms with Gasteiger partial charge in [-0.05, 0) is 44.9 Å². The number of aromatic nitrogens is 1. The Balaban J connectivity index is 1.89. The lowest BCUT2D eigenvalue weighted by Crippen LogP contribution is -2.31. The largest absolute Gasteiger partial charge is 0.466 e. The number of hydrogen-bond acceptors (Lipinski definition) is 3. The highest BCUT2D eigenvalue weighted by Crippen LogP contribution is 2.32. The van der Waals surface area contributed by atoms with Crippen molar-refractivity contribution < 1.29 is 9.21 Å². The van der Waals surface area contributed by atoms with E-state index < -0.39 is 0 Å². The lowest BCUT2D eigenvalue weighted by Gasteiger charge is -2.24. The van der Waals surface area contributed by atoms with Crippen LogP contribution in [0.5, 0.6) is 0 Å². The van der Waals surface area contributed by atoms with Crippen LogP contribution in [0.1, 0.15) is 46.5 Å². The zero-order chi connectivity index (χ0) is 14.1. The molecule has 2 aromatic heterocycles. The zero-order valence-electron chi connectivity index (χ0n) is 11.8. The molecule has 3 rings (SSSR count). The number of rotatable bonds is 2. The predicted octanol–water partition coefficient (Wildman–Crippen LogP) is 3.27. The molecule has 0 aliphatic carbocycles. The Bertz CT molecular complexity index is 619. The molecule has 1 aliphatic rings. The molecule has 1 atom stereocenters. The van der Waals surface area contributed by atoms with Crippen LogP contribution in [0, 0.1) is 13.8 Å². The average Bonchev–Trinajstić information content (AvgIpc) is 3.05. The highest BCUT2D eigenvalue weighted by atomic mass is 16.3. The van der Waals surface area contributed by atoms with Crippen molar-refractivity contribution in [3.8, 4) is 0 Å². The monoisotopic (exact) mass is 270 g/mol. The quantitative estimate of drug-likeness (QED) is 0.841. The normalized spacial score (nSPS) is 18.5. The minimum atomic E-state index is 0.0486. The molecule has 1 aliphatic heterocycles. The number of likely N-dealkylation sites (tertiary alicyclic amines) is 1. The van der Waals surface area contributed by atoms with E-state index in [2.05, 4.69) is 4.98 Å². The summed E-state index contributed by atoms with van der Waals surface area (Å²) in [6.45, 7) is 4.49. The van der Waals surface area contributed by atoms with E-state index in [1.165, 1.54) is 0 Å². The van der Waals surface area contributed by atoms with Gasteiger partial charge in [-0.3, -0.25) is 9.78 Å². The van der Waals surface area contributed by atoms with Gasteiger partial charge in [0.25, 0.3) is 5.91 Å². The van der Waals surface area contributed by atoms with Crippen LogP contribution in [0.25, 0.3) is 0 Å². The molecule has 1 saturated heterocycles. The first-order valence-corrected chi connectivity index (χ1v) is 6.96. The highest BCUT2D eigenvalue weighted by molar-refractivity contribution is 5.95. The van der Waals surface area contributed by atoms with Gasteiger partial charge in [0.2, 0.25) is 0 Å². The maximum Gasteiger partial charge on any atom is 0.257 e. The summed E-state index contributed by atoms with van der Waals surface area (Å²) in [5, 5.41) is 0. The van der Waals surface area contributed by atoms with Crippen molar-refractivity contribution in [2.24, 2.45) is 0 Å². The van der Waals surface area contributed by atoms with E-state index in [1.54, 1.807) is 6.20 Å². The van der Waals surface area contributed by atoms with E-state index in [4.69, 9.17) is 4.42 Å². The van der Waals surface area contributed by atoms with E-state index in [0.29, 0.717) is 11.3 Å². The number of amides is 1. The van der Waals surface area contributed by atoms with Crippen LogP contribution >= 0.6 is 0 Å². The summed E-state index contributed by atoms with van der Waals surface area (Å²) in [7, 11) is 0. The van der Waals surface area contributed by atoms with Gasteiger partial charge in [0, 0.05) is 12.7 Å². The summed E-state index contributed by atoms with van der Waals surface area (Å²) in [6.07, 6.45) is 3.77. The molecule has 0 spiro atoms. The van der Waals surface area contributed by atoms with E-state index >= 15 is 0 Å². The standard InChI is InChI=1S/C16H18N2O2/c1-11-10-13(12(2)20-11)16(19)18-9-5-7-15(18)14-6-3-4-8-17-14/h3-4,6,8,10,15H,5,7,9H2,1-2H3. The van der Waals surface area contributed by atoms with E-state index in [1.807, 2.05) is 43.0 Å². The molecule has 1 amide bonds. The van der Waals surface area contributed by atoms with Crippen molar-refractivity contribution in [1.82, 2.24) is 9.88 Å². The summed E-state index contributed by atoms with van der Waals surface area (Å²) in [4.78, 5) is 19.0. The second kappa shape index (κ2) is 5.12. The van der Waals surface area contributed by atoms with Crippen molar-refractivity contribution >= 4 is 5.91 Å². The van der Waals surface area contributed by atoms with Gasteiger partial charge < -0.3 is 9.32 Å². The molecule has 3 heterocycles. The maximum atomic E-state index is 12.7. The average molecular weight is 270 g/mol. The predicted molar refractivity (Wildman–Crippen MR) is 75.4 cm³/mol. The first-order valence-electron chi connectivity index (χ1n) is 6.96. The molecular weight excluding hydrogens is 252 g/mol. The van der Waals surface area contributed by atoms with Gasteiger partial charge >= 0.3 is 0 Å². The smallest absolute Gasteiger partial charge is 0.257 e. The summed E-state index contributed by atoms with van der Waals surface area (Å²) >= 11 is 0. The molecule has 2 aromatic rings. The van der Waals surface area contributed by atoms with Crippen molar-refractivity contribution in [1.29, 1.82) is 0 Å². The summed E-state index contributed by atoms with van der Waals surface area (Å²) in [6, 6.07) is 7.76. The topological polar surface area (TPSA) is 46.3 Å². The fraction of sp³-hybridized carbons (Fsp3) is 0.375. The first-order chi connectivity index (χ1) is 9.66. The SMILES string of the molecule is Cc1cc(C(=O)N2CCCC2c2ccccn2)c(C)o1. The Morgan fingerprint density at radius 2 is 2.25 bits per heavy atom. The van der Waals surface area contributed by atoms with Crippen LogP contribution in [-0.4, -0.2) is 22.3 Å². The molecule has 0 bridgehead atoms. The summed E-state index contributed by atoms with van der Waals surface area (Å²) in [5.74, 6) is 1.52. The van der Waals surface area contributed by atoms with Crippen LogP contribution in [0.15, 0.2) is 34.9 Å². The molecule has 1 fully saturated rings. The molecule has 4 nitrogen and oxygen atoms in total. The Kier molecular flexibility index (Phi) is 3.30. The number of aryl methyl sites for hydroxylation is 2. The summed E-state index contributed by atoms with van der Waals surface area (Å²) < 4.78 is 5.47. The van der Waals surface area contributed by atoms with Gasteiger partial charge in [0.1, 0.15) is 11.5 Å². The molecule has 20 heavy (non-hydrogen) atoms. The number of hydrogen-bond donors (Lipinski definition) is 0. The second-order valence-electron chi connectivity index (χ2n) is 5.24. The minimum Gasteiger partial charge on any atom is -0.466 e. The van der Waals surface area contributed by atoms with Crippen molar-refractivity contribution in [2.75, 3.05) is 6.54 Å². The molecule has 0 radical (unpaired) electrons. The Hall–Kier alpha value is -2.10. The van der Waals surface area contributed by atoms with Crippen LogP contribution < -0.4 is 0 Å². The molecule has 0 aromatic carbocycles. The number of carbonyl (C=O) groups is 1. The molecule has 0 saturated carbocycles. The van der Waals surface area contributed by atoms with Gasteiger partial charge in [0.05, 0.1) is 17.3 Å². The van der Waals surface area contributed by atoms with E-state index in [-0.39, 0.29) is 11.9 Å². The first kappa shape index (κ1) is 12.9. The van der Waals surface area contributed by atoms with Crippen molar-refractivity contribution in [3.05, 3.63) is 53.2 Å². The van der Waals surface area contributed by atoms with E-state index in [9.17, 15) is 4.79 Å². The Morgan fingerprint density at radius 1 is 1.40 bits per heavy atom. The van der Waals surface area contributed by atoms with E-state index in [0.717, 1.165) is 30.8 Å². The van der Waals surface area contributed by atoms with Gasteiger partial charge in [0.15, 0.2) is 0 Å². The van der Waals surface area contributed by atoms with Crippen LogP contribution in [0.4, 0.5) is 0 Å². The summed E-state index contributed by atoms with van der Waals surface area (Å²) in [5.41, 5.74) is 1.64.